The van der Waals surface area contributed by atoms with Crippen LogP contribution in [-0.4, -0.2) is 20.9 Å². The van der Waals surface area contributed by atoms with Crippen molar-refractivity contribution in [1.82, 2.24) is 0 Å². The predicted octanol–water partition coefficient (Wildman–Crippen LogP) is 6.37. The van der Waals surface area contributed by atoms with Gasteiger partial charge in [0.2, 0.25) is 0 Å². The molecule has 0 aliphatic rings. The van der Waals surface area contributed by atoms with Crippen LogP contribution in [0.2, 0.25) is 18.1 Å². The first-order chi connectivity index (χ1) is 13.1. The summed E-state index contributed by atoms with van der Waals surface area (Å²) in [5.41, 5.74) is 1.33. The van der Waals surface area contributed by atoms with Crippen molar-refractivity contribution in [2.24, 2.45) is 0 Å². The minimum Gasteiger partial charge on any atom is -0.441 e. The number of rotatable bonds is 5. The summed E-state index contributed by atoms with van der Waals surface area (Å²) in [6.07, 6.45) is -0.649. The Balaban J connectivity index is 2.16. The highest BCUT2D eigenvalue weighted by atomic mass is 79.9. The monoisotopic (exact) mass is 458 g/mol. The first kappa shape index (κ1) is 22.4. The second kappa shape index (κ2) is 9.55. The molecule has 0 N–H and O–H groups in total. The second-order valence-electron chi connectivity index (χ2n) is 8.07. The lowest BCUT2D eigenvalue weighted by atomic mass is 10.1. The maximum atomic E-state index is 12.5. The zero-order chi connectivity index (χ0) is 20.8. The van der Waals surface area contributed by atoms with Crippen molar-refractivity contribution >= 4 is 30.2 Å². The van der Waals surface area contributed by atoms with Gasteiger partial charge in [-0.05, 0) is 42.4 Å². The summed E-state index contributed by atoms with van der Waals surface area (Å²) in [7, 11) is -1.86. The molecule has 0 saturated heterocycles. The molecule has 0 aromatic heterocycles. The maximum Gasteiger partial charge on any atom is 0.339 e. The quantitative estimate of drug-likeness (QED) is 0.296. The number of carbonyl (C=O) groups is 1. The second-order valence-corrected chi connectivity index (χ2v) is 13.8. The van der Waals surface area contributed by atoms with Gasteiger partial charge in [0.25, 0.3) is 0 Å². The number of hydrogen-bond acceptors (Lipinski definition) is 3. The van der Waals surface area contributed by atoms with Crippen molar-refractivity contribution in [2.45, 2.75) is 45.0 Å². The summed E-state index contributed by atoms with van der Waals surface area (Å²) in [6, 6.07) is 16.6. The Bertz CT molecular complexity index is 843. The molecule has 0 radical (unpaired) electrons. The number of hydrogen-bond donors (Lipinski definition) is 0. The lowest BCUT2D eigenvalue weighted by Gasteiger charge is -2.35. The van der Waals surface area contributed by atoms with Crippen LogP contribution in [0, 0.1) is 11.8 Å². The van der Waals surface area contributed by atoms with E-state index in [-0.39, 0.29) is 5.04 Å². The molecule has 1 unspecified atom stereocenters. The molecule has 148 valence electrons. The van der Waals surface area contributed by atoms with E-state index in [1.165, 1.54) is 0 Å². The Kier molecular flexibility index (Phi) is 7.65. The molecular weight excluding hydrogens is 432 g/mol. The Morgan fingerprint density at radius 3 is 2.25 bits per heavy atom. The molecule has 0 amide bonds. The number of halogens is 1. The average molecular weight is 459 g/mol. The van der Waals surface area contributed by atoms with E-state index in [2.05, 4.69) is 61.6 Å². The highest BCUT2D eigenvalue weighted by molar-refractivity contribution is 9.10. The van der Waals surface area contributed by atoms with E-state index in [1.807, 2.05) is 42.5 Å². The van der Waals surface area contributed by atoms with Crippen LogP contribution >= 0.6 is 15.9 Å². The summed E-state index contributed by atoms with van der Waals surface area (Å²) in [5, 5.41) is 0.125. The van der Waals surface area contributed by atoms with Crippen LogP contribution in [0.15, 0.2) is 59.1 Å². The lowest BCUT2D eigenvalue weighted by molar-refractivity contribution is 0.0407. The number of esters is 1. The van der Waals surface area contributed by atoms with E-state index < -0.39 is 20.4 Å². The van der Waals surface area contributed by atoms with Crippen molar-refractivity contribution in [3.63, 3.8) is 0 Å². The summed E-state index contributed by atoms with van der Waals surface area (Å²) in [5.74, 6) is 5.73. The van der Waals surface area contributed by atoms with Crippen LogP contribution in [0.3, 0.4) is 0 Å². The smallest absolute Gasteiger partial charge is 0.339 e. The fourth-order valence-corrected chi connectivity index (χ4v) is 3.27. The van der Waals surface area contributed by atoms with Crippen LogP contribution in [0.25, 0.3) is 0 Å². The standard InChI is InChI=1S/C23H27BrO3Si/c1-23(2,3)28(4,5)26-17-9-12-21(18-13-15-20(24)16-14-18)27-22(25)19-10-7-6-8-11-19/h6-8,10-11,13-16,21H,17H2,1-5H3. The molecule has 0 fully saturated rings. The molecule has 2 rings (SSSR count). The molecular formula is C23H27BrO3Si. The molecule has 0 aliphatic heterocycles. The SMILES string of the molecule is CC(C)(C)[Si](C)(C)OCC#CC(OC(=O)c1ccccc1)c1ccc(Br)cc1. The van der Waals surface area contributed by atoms with Crippen molar-refractivity contribution in [3.8, 4) is 11.8 Å². The predicted molar refractivity (Wildman–Crippen MR) is 120 cm³/mol. The highest BCUT2D eigenvalue weighted by Gasteiger charge is 2.36. The van der Waals surface area contributed by atoms with Gasteiger partial charge in [-0.2, -0.15) is 0 Å². The van der Waals surface area contributed by atoms with E-state index in [4.69, 9.17) is 9.16 Å². The first-order valence-electron chi connectivity index (χ1n) is 9.24. The first-order valence-corrected chi connectivity index (χ1v) is 12.9. The third kappa shape index (κ3) is 6.34. The summed E-state index contributed by atoms with van der Waals surface area (Å²) in [4.78, 5) is 12.5. The molecule has 0 aliphatic carbocycles. The van der Waals surface area contributed by atoms with Gasteiger partial charge in [0, 0.05) is 10.0 Å². The molecule has 2 aromatic carbocycles. The van der Waals surface area contributed by atoms with Gasteiger partial charge in [-0.1, -0.05) is 78.9 Å². The molecule has 1 atom stereocenters. The van der Waals surface area contributed by atoms with Gasteiger partial charge in [0.15, 0.2) is 14.4 Å². The Morgan fingerprint density at radius 1 is 1.07 bits per heavy atom. The van der Waals surface area contributed by atoms with Gasteiger partial charge in [-0.25, -0.2) is 4.79 Å². The van der Waals surface area contributed by atoms with Gasteiger partial charge >= 0.3 is 5.97 Å². The lowest BCUT2D eigenvalue weighted by Crippen LogP contribution is -2.40. The number of benzene rings is 2. The fourth-order valence-electron chi connectivity index (χ4n) is 2.14. The molecule has 0 spiro atoms. The van der Waals surface area contributed by atoms with Crippen molar-refractivity contribution in [1.29, 1.82) is 0 Å². The molecule has 2 aromatic rings. The van der Waals surface area contributed by atoms with Gasteiger partial charge in [-0.15, -0.1) is 0 Å². The summed E-state index contributed by atoms with van der Waals surface area (Å²) >= 11 is 3.43. The minimum atomic E-state index is -1.86. The van der Waals surface area contributed by atoms with Gasteiger partial charge in [0.05, 0.1) is 12.2 Å². The van der Waals surface area contributed by atoms with E-state index in [0.717, 1.165) is 10.0 Å². The maximum absolute atomic E-state index is 12.5. The topological polar surface area (TPSA) is 35.5 Å². The number of carbonyl (C=O) groups excluding carboxylic acids is 1. The summed E-state index contributed by atoms with van der Waals surface area (Å²) in [6.45, 7) is 11.3. The fraction of sp³-hybridized carbons (Fsp3) is 0.348. The normalized spacial score (nSPS) is 12.6. The Labute approximate surface area is 177 Å². The van der Waals surface area contributed by atoms with E-state index >= 15 is 0 Å². The van der Waals surface area contributed by atoms with Crippen LogP contribution in [0.1, 0.15) is 42.8 Å². The zero-order valence-corrected chi connectivity index (χ0v) is 19.7. The molecule has 0 bridgehead atoms. The number of ether oxygens (including phenoxy) is 1. The van der Waals surface area contributed by atoms with Crippen LogP contribution < -0.4 is 0 Å². The molecule has 3 nitrogen and oxygen atoms in total. The molecule has 28 heavy (non-hydrogen) atoms. The highest BCUT2D eigenvalue weighted by Crippen LogP contribution is 2.36. The van der Waals surface area contributed by atoms with Gasteiger partial charge in [0.1, 0.15) is 0 Å². The van der Waals surface area contributed by atoms with E-state index in [9.17, 15) is 4.79 Å². The molecule has 0 heterocycles. The van der Waals surface area contributed by atoms with Crippen LogP contribution in [0.4, 0.5) is 0 Å². The minimum absolute atomic E-state index is 0.125. The van der Waals surface area contributed by atoms with Crippen LogP contribution in [0.5, 0.6) is 0 Å². The third-order valence-electron chi connectivity index (χ3n) is 4.95. The molecule has 0 saturated carbocycles. The van der Waals surface area contributed by atoms with Gasteiger partial charge in [-0.3, -0.25) is 0 Å². The Hall–Kier alpha value is -1.87. The van der Waals surface area contributed by atoms with Gasteiger partial charge < -0.3 is 9.16 Å². The Morgan fingerprint density at radius 2 is 1.68 bits per heavy atom. The zero-order valence-electron chi connectivity index (χ0n) is 17.1. The van der Waals surface area contributed by atoms with Crippen LogP contribution in [-0.2, 0) is 9.16 Å². The van der Waals surface area contributed by atoms with E-state index in [0.29, 0.717) is 12.2 Å². The summed E-state index contributed by atoms with van der Waals surface area (Å²) < 4.78 is 12.8. The van der Waals surface area contributed by atoms with Crippen molar-refractivity contribution in [2.75, 3.05) is 6.61 Å². The van der Waals surface area contributed by atoms with Crippen molar-refractivity contribution < 1.29 is 14.0 Å². The molecule has 5 heteroatoms. The third-order valence-corrected chi connectivity index (χ3v) is 9.96. The largest absolute Gasteiger partial charge is 0.441 e. The van der Waals surface area contributed by atoms with Crippen molar-refractivity contribution in [3.05, 3.63) is 70.2 Å². The average Bonchev–Trinajstić information content (AvgIpc) is 2.64. The van der Waals surface area contributed by atoms with E-state index in [1.54, 1.807) is 12.1 Å².